The first-order valence-electron chi connectivity index (χ1n) is 8.30. The molecule has 2 unspecified atom stereocenters. The molecular weight excluding hydrogens is 300 g/mol. The second-order valence-electron chi connectivity index (χ2n) is 6.58. The Labute approximate surface area is 144 Å². The second-order valence-corrected chi connectivity index (χ2v) is 6.58. The number of ether oxygens (including phenoxy) is 1. The number of hydrogen-bond donors (Lipinski definition) is 0. The van der Waals surface area contributed by atoms with Crippen LogP contribution < -0.4 is 0 Å². The van der Waals surface area contributed by atoms with Crippen molar-refractivity contribution in [3.05, 3.63) is 48.1 Å². The zero-order valence-corrected chi connectivity index (χ0v) is 14.7. The van der Waals surface area contributed by atoms with Gasteiger partial charge in [0.25, 0.3) is 0 Å². The summed E-state index contributed by atoms with van der Waals surface area (Å²) in [6, 6.07) is 1.53. The predicted octanol–water partition coefficient (Wildman–Crippen LogP) is 3.80. The normalized spacial score (nSPS) is 22.0. The molecule has 0 saturated carbocycles. The van der Waals surface area contributed by atoms with Crippen LogP contribution in [0.5, 0.6) is 0 Å². The molecule has 2 atom stereocenters. The van der Waals surface area contributed by atoms with Gasteiger partial charge in [0.1, 0.15) is 0 Å². The lowest BCUT2D eigenvalue weighted by atomic mass is 9.68. The molecule has 0 bridgehead atoms. The Balaban J connectivity index is 2.09. The van der Waals surface area contributed by atoms with Gasteiger partial charge in [-0.05, 0) is 48.7 Å². The first-order valence-corrected chi connectivity index (χ1v) is 8.30. The average molecular weight is 324 g/mol. The largest absolute Gasteiger partial charge is 0.461 e. The molecule has 24 heavy (non-hydrogen) atoms. The summed E-state index contributed by atoms with van der Waals surface area (Å²) in [5.74, 6) is 6.75. The molecule has 4 nitrogen and oxygen atoms in total. The van der Waals surface area contributed by atoms with E-state index in [2.05, 4.69) is 60.8 Å². The molecule has 0 fully saturated rings. The number of carbonyl (C=O) groups excluding carboxylic acids is 1. The van der Waals surface area contributed by atoms with Crippen LogP contribution in [0.4, 0.5) is 0 Å². The molecule has 4 heteroatoms. The molecule has 1 heterocycles. The monoisotopic (exact) mass is 324 g/mol. The van der Waals surface area contributed by atoms with Crippen LogP contribution in [0.15, 0.2) is 36.6 Å². The SMILES string of the molecule is CCOC(=O)c1ccnc(C#CC=CC2C(C)CC=CC2(C)C)n1. The average Bonchev–Trinajstić information content (AvgIpc) is 2.54. The van der Waals surface area contributed by atoms with Crippen molar-refractivity contribution in [1.82, 2.24) is 9.97 Å². The highest BCUT2D eigenvalue weighted by Crippen LogP contribution is 2.40. The summed E-state index contributed by atoms with van der Waals surface area (Å²) in [5.41, 5.74) is 0.364. The summed E-state index contributed by atoms with van der Waals surface area (Å²) >= 11 is 0. The second kappa shape index (κ2) is 7.92. The third-order valence-corrected chi connectivity index (χ3v) is 4.24. The van der Waals surface area contributed by atoms with Gasteiger partial charge in [-0.2, -0.15) is 0 Å². The van der Waals surface area contributed by atoms with E-state index in [1.807, 2.05) is 6.08 Å². The quantitative estimate of drug-likeness (QED) is 0.482. The number of esters is 1. The minimum atomic E-state index is -0.456. The Morgan fingerprint density at radius 3 is 3.00 bits per heavy atom. The molecule has 0 spiro atoms. The summed E-state index contributed by atoms with van der Waals surface area (Å²) in [7, 11) is 0. The number of nitrogens with zero attached hydrogens (tertiary/aromatic N) is 2. The van der Waals surface area contributed by atoms with Crippen LogP contribution >= 0.6 is 0 Å². The van der Waals surface area contributed by atoms with Gasteiger partial charge in [-0.15, -0.1) is 0 Å². The molecule has 2 rings (SSSR count). The first-order chi connectivity index (χ1) is 11.4. The maximum Gasteiger partial charge on any atom is 0.357 e. The molecule has 0 saturated heterocycles. The molecule has 1 aromatic heterocycles. The predicted molar refractivity (Wildman–Crippen MR) is 94.2 cm³/mol. The molecule has 126 valence electrons. The van der Waals surface area contributed by atoms with Crippen LogP contribution in [0.25, 0.3) is 0 Å². The standard InChI is InChI=1S/C20H24N2O2/c1-5-24-19(23)17-12-14-21-18(22-17)11-7-6-10-16-15(2)9-8-13-20(16,3)4/h6,8,10,12-16H,5,9H2,1-4H3. The van der Waals surface area contributed by atoms with Crippen molar-refractivity contribution in [3.8, 4) is 11.8 Å². The maximum absolute atomic E-state index is 11.7. The third-order valence-electron chi connectivity index (χ3n) is 4.24. The molecule has 1 aliphatic rings. The van der Waals surface area contributed by atoms with Gasteiger partial charge in [-0.1, -0.05) is 44.9 Å². The lowest BCUT2D eigenvalue weighted by Crippen LogP contribution is -2.28. The van der Waals surface area contributed by atoms with Crippen molar-refractivity contribution in [2.75, 3.05) is 6.61 Å². The van der Waals surface area contributed by atoms with E-state index in [0.717, 1.165) is 6.42 Å². The number of aromatic nitrogens is 2. The van der Waals surface area contributed by atoms with Crippen molar-refractivity contribution in [2.45, 2.75) is 34.1 Å². The Morgan fingerprint density at radius 1 is 1.50 bits per heavy atom. The zero-order chi connectivity index (χ0) is 17.6. The molecule has 1 aromatic rings. The van der Waals surface area contributed by atoms with E-state index in [1.54, 1.807) is 6.92 Å². The van der Waals surface area contributed by atoms with Gasteiger partial charge >= 0.3 is 5.97 Å². The molecule has 0 radical (unpaired) electrons. The molecule has 0 N–H and O–H groups in total. The molecule has 0 aliphatic heterocycles. The van der Waals surface area contributed by atoms with E-state index >= 15 is 0 Å². The van der Waals surface area contributed by atoms with Gasteiger partial charge in [0.2, 0.25) is 5.82 Å². The van der Waals surface area contributed by atoms with E-state index in [0.29, 0.717) is 24.3 Å². The fourth-order valence-electron chi connectivity index (χ4n) is 3.01. The fraction of sp³-hybridized carbons (Fsp3) is 0.450. The van der Waals surface area contributed by atoms with Crippen LogP contribution in [0.1, 0.15) is 50.4 Å². The van der Waals surface area contributed by atoms with E-state index in [-0.39, 0.29) is 11.1 Å². The van der Waals surface area contributed by atoms with Crippen LogP contribution in [-0.2, 0) is 4.74 Å². The topological polar surface area (TPSA) is 52.1 Å². The summed E-state index contributed by atoms with van der Waals surface area (Å²) < 4.78 is 4.92. The van der Waals surface area contributed by atoms with Crippen molar-refractivity contribution >= 4 is 5.97 Å². The smallest absolute Gasteiger partial charge is 0.357 e. The van der Waals surface area contributed by atoms with Crippen LogP contribution in [0.2, 0.25) is 0 Å². The van der Waals surface area contributed by atoms with E-state index in [9.17, 15) is 4.79 Å². The summed E-state index contributed by atoms with van der Waals surface area (Å²) in [6.07, 6.45) is 11.2. The summed E-state index contributed by atoms with van der Waals surface area (Å²) in [4.78, 5) is 19.8. The van der Waals surface area contributed by atoms with Crippen LogP contribution in [-0.4, -0.2) is 22.5 Å². The lowest BCUT2D eigenvalue weighted by Gasteiger charge is -2.37. The van der Waals surface area contributed by atoms with Gasteiger partial charge in [-0.3, -0.25) is 0 Å². The molecular formula is C20H24N2O2. The highest BCUT2D eigenvalue weighted by molar-refractivity contribution is 5.87. The Kier molecular flexibility index (Phi) is 5.92. The Bertz CT molecular complexity index is 708. The van der Waals surface area contributed by atoms with Crippen molar-refractivity contribution in [2.24, 2.45) is 17.3 Å². The van der Waals surface area contributed by atoms with Crippen molar-refractivity contribution in [1.29, 1.82) is 0 Å². The van der Waals surface area contributed by atoms with Crippen molar-refractivity contribution < 1.29 is 9.53 Å². The molecule has 0 amide bonds. The van der Waals surface area contributed by atoms with Crippen LogP contribution in [0.3, 0.4) is 0 Å². The van der Waals surface area contributed by atoms with Crippen LogP contribution in [0, 0.1) is 29.1 Å². The highest BCUT2D eigenvalue weighted by atomic mass is 16.5. The van der Waals surface area contributed by atoms with E-state index in [4.69, 9.17) is 4.74 Å². The maximum atomic E-state index is 11.7. The van der Waals surface area contributed by atoms with Crippen molar-refractivity contribution in [3.63, 3.8) is 0 Å². The molecule has 0 aromatic carbocycles. The summed E-state index contributed by atoms with van der Waals surface area (Å²) in [6.45, 7) is 8.82. The van der Waals surface area contributed by atoms with Gasteiger partial charge < -0.3 is 4.74 Å². The number of carbonyl (C=O) groups is 1. The third kappa shape index (κ3) is 4.55. The number of allylic oxidation sites excluding steroid dienone is 4. The van der Waals surface area contributed by atoms with E-state index in [1.165, 1.54) is 12.3 Å². The van der Waals surface area contributed by atoms with Gasteiger partial charge in [0.15, 0.2) is 5.69 Å². The zero-order valence-electron chi connectivity index (χ0n) is 14.7. The minimum Gasteiger partial charge on any atom is -0.461 e. The Hall–Kier alpha value is -2.41. The number of rotatable bonds is 3. The minimum absolute atomic E-state index is 0.135. The van der Waals surface area contributed by atoms with Gasteiger partial charge in [0.05, 0.1) is 6.61 Å². The summed E-state index contributed by atoms with van der Waals surface area (Å²) in [5, 5.41) is 0. The Morgan fingerprint density at radius 2 is 2.29 bits per heavy atom. The highest BCUT2D eigenvalue weighted by Gasteiger charge is 2.31. The fourth-order valence-corrected chi connectivity index (χ4v) is 3.01. The van der Waals surface area contributed by atoms with Gasteiger partial charge in [0, 0.05) is 6.20 Å². The van der Waals surface area contributed by atoms with Gasteiger partial charge in [-0.25, -0.2) is 14.8 Å². The first kappa shape index (κ1) is 17.9. The van der Waals surface area contributed by atoms with E-state index < -0.39 is 5.97 Å². The lowest BCUT2D eigenvalue weighted by molar-refractivity contribution is 0.0519. The number of hydrogen-bond acceptors (Lipinski definition) is 4. The molecule has 1 aliphatic carbocycles.